The van der Waals surface area contributed by atoms with Gasteiger partial charge in [0, 0.05) is 12.1 Å². The van der Waals surface area contributed by atoms with Crippen LogP contribution in [0.25, 0.3) is 0 Å². The van der Waals surface area contributed by atoms with Crippen molar-refractivity contribution in [2.45, 2.75) is 16.4 Å². The molecule has 0 saturated carbocycles. The predicted octanol–water partition coefficient (Wildman–Crippen LogP) is 4.01. The van der Waals surface area contributed by atoms with Crippen molar-refractivity contribution in [2.75, 3.05) is 13.7 Å². The molecule has 1 N–H and O–H groups in total. The Morgan fingerprint density at radius 2 is 1.79 bits per heavy atom. The molecule has 28 heavy (non-hydrogen) atoms. The van der Waals surface area contributed by atoms with E-state index < -0.39 is 15.1 Å². The van der Waals surface area contributed by atoms with Crippen molar-refractivity contribution in [2.24, 2.45) is 0 Å². The topological polar surface area (TPSA) is 72.5 Å². The molecule has 1 aromatic heterocycles. The zero-order chi connectivity index (χ0) is 20.1. The van der Waals surface area contributed by atoms with Gasteiger partial charge < -0.3 is 10.1 Å². The molecular weight excluding hydrogens is 394 g/mol. The van der Waals surface area contributed by atoms with Gasteiger partial charge >= 0.3 is 0 Å². The zero-order valence-corrected chi connectivity index (χ0v) is 17.2. The molecule has 0 fully saturated rings. The van der Waals surface area contributed by atoms with Gasteiger partial charge in [0.1, 0.15) is 15.2 Å². The van der Waals surface area contributed by atoms with Crippen LogP contribution in [0.5, 0.6) is 5.75 Å². The van der Waals surface area contributed by atoms with Gasteiger partial charge in [-0.05, 0) is 47.7 Å². The first-order valence-corrected chi connectivity index (χ1v) is 11.1. The number of ether oxygens (including phenoxy) is 1. The maximum absolute atomic E-state index is 13.2. The van der Waals surface area contributed by atoms with Crippen LogP contribution >= 0.6 is 11.3 Å². The Kier molecular flexibility index (Phi) is 6.16. The van der Waals surface area contributed by atoms with Crippen LogP contribution < -0.4 is 10.1 Å². The lowest BCUT2D eigenvalue weighted by Gasteiger charge is -2.19. The summed E-state index contributed by atoms with van der Waals surface area (Å²) in [4.78, 5) is 12.6. The van der Waals surface area contributed by atoms with Crippen molar-refractivity contribution in [3.63, 3.8) is 0 Å². The molecule has 1 amide bonds. The molecule has 3 aromatic rings. The SMILES string of the molecule is COc1ccc([C@@H](CNC(=O)c2ccccc2C)S(=O)(=O)c2cccs2)cc1. The predicted molar refractivity (Wildman–Crippen MR) is 111 cm³/mol. The zero-order valence-electron chi connectivity index (χ0n) is 15.6. The number of sulfone groups is 1. The number of rotatable bonds is 7. The first kappa shape index (κ1) is 20.1. The molecule has 0 bridgehead atoms. The lowest BCUT2D eigenvalue weighted by molar-refractivity contribution is 0.0953. The summed E-state index contributed by atoms with van der Waals surface area (Å²) in [6.07, 6.45) is 0. The standard InChI is InChI=1S/C21H21NO4S2/c1-15-6-3-4-7-18(15)21(23)22-14-19(16-9-11-17(26-2)12-10-16)28(24,25)20-8-5-13-27-20/h3-13,19H,14H2,1-2H3,(H,22,23)/t19-/m1/s1. The molecule has 3 rings (SSSR count). The maximum Gasteiger partial charge on any atom is 0.251 e. The highest BCUT2D eigenvalue weighted by Gasteiger charge is 2.30. The fraction of sp³-hybridized carbons (Fsp3) is 0.190. The first-order valence-electron chi connectivity index (χ1n) is 8.68. The summed E-state index contributed by atoms with van der Waals surface area (Å²) < 4.78 is 31.8. The number of benzene rings is 2. The van der Waals surface area contributed by atoms with E-state index in [1.165, 1.54) is 11.3 Å². The van der Waals surface area contributed by atoms with Crippen LogP contribution in [0.15, 0.2) is 70.3 Å². The molecule has 0 aliphatic carbocycles. The van der Waals surface area contributed by atoms with Crippen molar-refractivity contribution >= 4 is 27.1 Å². The molecule has 7 heteroatoms. The molecular formula is C21H21NO4S2. The second kappa shape index (κ2) is 8.58. The van der Waals surface area contributed by atoms with Gasteiger partial charge in [-0.15, -0.1) is 11.3 Å². The minimum absolute atomic E-state index is 0.0280. The third-order valence-corrected chi connectivity index (χ3v) is 8.01. The highest BCUT2D eigenvalue weighted by atomic mass is 32.2. The monoisotopic (exact) mass is 415 g/mol. The number of hydrogen-bond acceptors (Lipinski definition) is 5. The van der Waals surface area contributed by atoms with Crippen molar-refractivity contribution in [3.8, 4) is 5.75 Å². The Morgan fingerprint density at radius 3 is 2.39 bits per heavy atom. The number of carbonyl (C=O) groups is 1. The van der Waals surface area contributed by atoms with Gasteiger partial charge in [-0.1, -0.05) is 36.4 Å². The molecule has 0 aliphatic rings. The van der Waals surface area contributed by atoms with Crippen molar-refractivity contribution in [1.82, 2.24) is 5.32 Å². The Hall–Kier alpha value is -2.64. The fourth-order valence-corrected chi connectivity index (χ4v) is 5.77. The van der Waals surface area contributed by atoms with Crippen LogP contribution in [0.3, 0.4) is 0 Å². The van der Waals surface area contributed by atoms with Crippen LogP contribution in [0, 0.1) is 6.92 Å². The summed E-state index contributed by atoms with van der Waals surface area (Å²) in [5.74, 6) is 0.345. The molecule has 1 heterocycles. The maximum atomic E-state index is 13.2. The van der Waals surface area contributed by atoms with Crippen molar-refractivity contribution < 1.29 is 17.9 Å². The van der Waals surface area contributed by atoms with Crippen LogP contribution in [0.1, 0.15) is 26.7 Å². The summed E-state index contributed by atoms with van der Waals surface area (Å²) >= 11 is 1.17. The van der Waals surface area contributed by atoms with Crippen molar-refractivity contribution in [3.05, 3.63) is 82.7 Å². The molecule has 0 radical (unpaired) electrons. The lowest BCUT2D eigenvalue weighted by Crippen LogP contribution is -2.32. The summed E-state index contributed by atoms with van der Waals surface area (Å²) in [5, 5.41) is 3.62. The number of nitrogens with one attached hydrogen (secondary N) is 1. The van der Waals surface area contributed by atoms with E-state index in [1.54, 1.807) is 61.0 Å². The number of methoxy groups -OCH3 is 1. The highest BCUT2D eigenvalue weighted by molar-refractivity contribution is 7.93. The molecule has 0 spiro atoms. The highest BCUT2D eigenvalue weighted by Crippen LogP contribution is 2.32. The van der Waals surface area contributed by atoms with Crippen LogP contribution in [0.4, 0.5) is 0 Å². The van der Waals surface area contributed by atoms with Crippen LogP contribution in [-0.2, 0) is 9.84 Å². The quantitative estimate of drug-likeness (QED) is 0.633. The van der Waals surface area contributed by atoms with Crippen LogP contribution in [0.2, 0.25) is 0 Å². The summed E-state index contributed by atoms with van der Waals surface area (Å²) in [5.41, 5.74) is 1.96. The number of amides is 1. The van der Waals surface area contributed by atoms with Gasteiger partial charge in [-0.2, -0.15) is 0 Å². The number of hydrogen-bond donors (Lipinski definition) is 1. The van der Waals surface area contributed by atoms with Crippen LogP contribution in [-0.4, -0.2) is 28.0 Å². The van der Waals surface area contributed by atoms with Gasteiger partial charge in [0.15, 0.2) is 9.84 Å². The normalized spacial score (nSPS) is 12.4. The molecule has 146 valence electrons. The van der Waals surface area contributed by atoms with E-state index in [1.807, 2.05) is 19.1 Å². The van der Waals surface area contributed by atoms with E-state index in [4.69, 9.17) is 4.74 Å². The van der Waals surface area contributed by atoms with E-state index in [0.29, 0.717) is 16.9 Å². The van der Waals surface area contributed by atoms with E-state index in [0.717, 1.165) is 5.56 Å². The molecule has 1 atom stereocenters. The second-order valence-electron chi connectivity index (χ2n) is 6.26. The Balaban J connectivity index is 1.90. The Morgan fingerprint density at radius 1 is 1.07 bits per heavy atom. The Labute approximate surface area is 168 Å². The Bertz CT molecular complexity index is 1040. The van der Waals surface area contributed by atoms with Gasteiger partial charge in [-0.3, -0.25) is 4.79 Å². The molecule has 5 nitrogen and oxygen atoms in total. The molecule has 0 saturated heterocycles. The summed E-state index contributed by atoms with van der Waals surface area (Å²) in [6, 6.07) is 17.4. The van der Waals surface area contributed by atoms with Gasteiger partial charge in [-0.25, -0.2) is 8.42 Å². The fourth-order valence-electron chi connectivity index (χ4n) is 2.90. The van der Waals surface area contributed by atoms with Gasteiger partial charge in [0.05, 0.1) is 7.11 Å². The van der Waals surface area contributed by atoms with E-state index in [2.05, 4.69) is 5.32 Å². The summed E-state index contributed by atoms with van der Waals surface area (Å²) in [6.45, 7) is 1.82. The number of thiophene rings is 1. The number of carbonyl (C=O) groups excluding carboxylic acids is 1. The third-order valence-electron chi connectivity index (χ3n) is 4.48. The molecule has 0 aliphatic heterocycles. The van der Waals surface area contributed by atoms with Crippen molar-refractivity contribution in [1.29, 1.82) is 0 Å². The van der Waals surface area contributed by atoms with Gasteiger partial charge in [0.2, 0.25) is 0 Å². The third kappa shape index (κ3) is 4.26. The average molecular weight is 416 g/mol. The summed E-state index contributed by atoms with van der Waals surface area (Å²) in [7, 11) is -2.10. The van der Waals surface area contributed by atoms with Gasteiger partial charge in [0.25, 0.3) is 5.91 Å². The first-order chi connectivity index (χ1) is 13.4. The minimum atomic E-state index is -3.66. The minimum Gasteiger partial charge on any atom is -0.497 e. The van der Waals surface area contributed by atoms with E-state index in [9.17, 15) is 13.2 Å². The smallest absolute Gasteiger partial charge is 0.251 e. The largest absolute Gasteiger partial charge is 0.497 e. The number of aryl methyl sites for hydroxylation is 1. The lowest BCUT2D eigenvalue weighted by atomic mass is 10.1. The molecule has 2 aromatic carbocycles. The van der Waals surface area contributed by atoms with E-state index >= 15 is 0 Å². The average Bonchev–Trinajstić information content (AvgIpc) is 3.24. The van der Waals surface area contributed by atoms with E-state index in [-0.39, 0.29) is 16.7 Å². The molecule has 0 unspecified atom stereocenters. The second-order valence-corrected chi connectivity index (χ2v) is 9.57.